The highest BCUT2D eigenvalue weighted by molar-refractivity contribution is 7.57. The lowest BCUT2D eigenvalue weighted by Gasteiger charge is -2.54. The number of nitrogens with zero attached hydrogens (tertiary/aromatic N) is 1. The Morgan fingerprint density at radius 2 is 1.41 bits per heavy atom. The van der Waals surface area contributed by atoms with Crippen molar-refractivity contribution in [1.82, 2.24) is 5.06 Å². The highest BCUT2D eigenvalue weighted by atomic mass is 31.2. The van der Waals surface area contributed by atoms with E-state index in [9.17, 15) is 4.57 Å². The van der Waals surface area contributed by atoms with Crippen molar-refractivity contribution in [1.29, 1.82) is 0 Å². The molecule has 0 aromatic heterocycles. The minimum absolute atomic E-state index is 0.0389. The van der Waals surface area contributed by atoms with Crippen LogP contribution in [0.3, 0.4) is 0 Å². The molecule has 1 saturated heterocycles. The third-order valence-corrected chi connectivity index (χ3v) is 5.57. The highest BCUT2D eigenvalue weighted by Gasteiger charge is 2.48. The summed E-state index contributed by atoms with van der Waals surface area (Å²) in [6.07, 6.45) is 8.34. The van der Waals surface area contributed by atoms with Crippen molar-refractivity contribution in [3.8, 4) is 0 Å². The summed E-state index contributed by atoms with van der Waals surface area (Å²) >= 11 is 0. The molecule has 0 aromatic rings. The number of piperidine rings is 1. The first kappa shape index (κ1) is 18.4. The zero-order chi connectivity index (χ0) is 16.6. The zero-order valence-corrected chi connectivity index (χ0v) is 16.1. The van der Waals surface area contributed by atoms with Crippen LogP contribution in [0.4, 0.5) is 0 Å². The highest BCUT2D eigenvalue weighted by Crippen LogP contribution is 2.47. The Morgan fingerprint density at radius 3 is 1.86 bits per heavy atom. The van der Waals surface area contributed by atoms with E-state index in [-0.39, 0.29) is 17.2 Å². The summed E-state index contributed by atoms with van der Waals surface area (Å²) in [6, 6.07) is 0. The molecule has 1 aliphatic heterocycles. The number of rotatable bonds is 4. The lowest BCUT2D eigenvalue weighted by molar-refractivity contribution is -0.316. The average molecular weight is 331 g/mol. The molecular weight excluding hydrogens is 297 g/mol. The molecule has 0 amide bonds. The lowest BCUT2D eigenvalue weighted by atomic mass is 9.80. The van der Waals surface area contributed by atoms with Crippen molar-refractivity contribution in [3.63, 3.8) is 0 Å². The molecule has 0 N–H and O–H groups in total. The van der Waals surface area contributed by atoms with Gasteiger partial charge in [0, 0.05) is 24.4 Å². The van der Waals surface area contributed by atoms with Gasteiger partial charge in [-0.15, -0.1) is 0 Å². The van der Waals surface area contributed by atoms with E-state index in [4.69, 9.17) is 9.36 Å². The fourth-order valence-corrected chi connectivity index (χ4v) is 5.08. The van der Waals surface area contributed by atoms with Crippen LogP contribution in [0.5, 0.6) is 0 Å². The molecular formula is C17H34NO3P. The van der Waals surface area contributed by atoms with Gasteiger partial charge in [-0.2, -0.15) is 5.06 Å². The molecule has 0 spiro atoms. The van der Waals surface area contributed by atoms with Crippen LogP contribution in [0, 0.1) is 0 Å². The molecule has 2 aliphatic rings. The van der Waals surface area contributed by atoms with Gasteiger partial charge in [0.25, 0.3) is 0 Å². The van der Waals surface area contributed by atoms with Crippen molar-refractivity contribution in [3.05, 3.63) is 0 Å². The topological polar surface area (TPSA) is 38.8 Å². The van der Waals surface area contributed by atoms with Crippen molar-refractivity contribution in [2.24, 2.45) is 0 Å². The molecule has 1 heterocycles. The number of hydroxylamine groups is 2. The van der Waals surface area contributed by atoms with Crippen LogP contribution in [-0.2, 0) is 13.9 Å². The van der Waals surface area contributed by atoms with Crippen LogP contribution in [0.25, 0.3) is 0 Å². The van der Waals surface area contributed by atoms with Gasteiger partial charge in [0.15, 0.2) is 7.37 Å². The lowest BCUT2D eigenvalue weighted by Crippen LogP contribution is -2.62. The fourth-order valence-electron chi connectivity index (χ4n) is 4.21. The first-order valence-electron chi connectivity index (χ1n) is 8.70. The maximum Gasteiger partial charge on any atom is 0.197 e. The standard InChI is InChI=1S/C17H34NO3P/c1-16(2)12-15(21-22(5,6)19)13-17(3,4)18(16)20-14-10-8-7-9-11-14/h14-15H,7-13H2,1-6H3. The summed E-state index contributed by atoms with van der Waals surface area (Å²) in [5.41, 5.74) is -0.224. The van der Waals surface area contributed by atoms with Crippen LogP contribution in [0.15, 0.2) is 0 Å². The molecule has 22 heavy (non-hydrogen) atoms. The maximum atomic E-state index is 12.0. The summed E-state index contributed by atoms with van der Waals surface area (Å²) in [4.78, 5) is 6.45. The minimum Gasteiger partial charge on any atom is -0.325 e. The normalized spacial score (nSPS) is 27.9. The van der Waals surface area contributed by atoms with E-state index in [1.54, 1.807) is 13.3 Å². The van der Waals surface area contributed by atoms with Gasteiger partial charge in [-0.25, -0.2) is 0 Å². The SMILES string of the molecule is CC1(C)CC(OP(C)(C)=O)CC(C)(C)N1OC1CCCCC1. The predicted molar refractivity (Wildman–Crippen MR) is 91.5 cm³/mol. The molecule has 4 nitrogen and oxygen atoms in total. The Balaban J connectivity index is 2.08. The van der Waals surface area contributed by atoms with Gasteiger partial charge >= 0.3 is 0 Å². The molecule has 0 unspecified atom stereocenters. The monoisotopic (exact) mass is 331 g/mol. The Hall–Kier alpha value is 0.110. The van der Waals surface area contributed by atoms with Gasteiger partial charge in [0.1, 0.15) is 0 Å². The zero-order valence-electron chi connectivity index (χ0n) is 15.2. The average Bonchev–Trinajstić information content (AvgIpc) is 2.32. The first-order valence-corrected chi connectivity index (χ1v) is 11.2. The third kappa shape index (κ3) is 4.80. The van der Waals surface area contributed by atoms with Crippen molar-refractivity contribution >= 4 is 7.37 Å². The van der Waals surface area contributed by atoms with Gasteiger partial charge in [-0.05, 0) is 53.4 Å². The van der Waals surface area contributed by atoms with Crippen molar-refractivity contribution < 1.29 is 13.9 Å². The van der Waals surface area contributed by atoms with E-state index in [2.05, 4.69) is 32.8 Å². The van der Waals surface area contributed by atoms with Crippen LogP contribution in [0.2, 0.25) is 0 Å². The molecule has 1 aliphatic carbocycles. The van der Waals surface area contributed by atoms with Crippen LogP contribution < -0.4 is 0 Å². The second-order valence-electron chi connectivity index (χ2n) is 8.67. The molecule has 0 aromatic carbocycles. The Morgan fingerprint density at radius 1 is 0.909 bits per heavy atom. The van der Waals surface area contributed by atoms with Gasteiger partial charge in [0.05, 0.1) is 12.2 Å². The Bertz CT molecular complexity index is 406. The molecule has 0 atom stereocenters. The van der Waals surface area contributed by atoms with Gasteiger partial charge < -0.3 is 4.52 Å². The van der Waals surface area contributed by atoms with Crippen LogP contribution in [0.1, 0.15) is 72.6 Å². The quantitative estimate of drug-likeness (QED) is 0.692. The maximum absolute atomic E-state index is 12.0. The van der Waals surface area contributed by atoms with Crippen LogP contribution >= 0.6 is 7.37 Å². The van der Waals surface area contributed by atoms with E-state index in [1.165, 1.54) is 32.1 Å². The second-order valence-corrected chi connectivity index (χ2v) is 11.4. The molecule has 0 bridgehead atoms. The van der Waals surface area contributed by atoms with Crippen molar-refractivity contribution in [2.45, 2.75) is 95.9 Å². The fraction of sp³-hybridized carbons (Fsp3) is 1.00. The van der Waals surface area contributed by atoms with E-state index in [1.807, 2.05) is 0 Å². The molecule has 0 radical (unpaired) electrons. The molecule has 1 saturated carbocycles. The third-order valence-electron chi connectivity index (χ3n) is 4.76. The Kier molecular flexibility index (Phi) is 5.49. The van der Waals surface area contributed by atoms with Crippen molar-refractivity contribution in [2.75, 3.05) is 13.3 Å². The Labute approximate surface area is 136 Å². The van der Waals surface area contributed by atoms with E-state index < -0.39 is 7.37 Å². The largest absolute Gasteiger partial charge is 0.325 e. The minimum atomic E-state index is -2.46. The molecule has 5 heteroatoms. The van der Waals surface area contributed by atoms with Gasteiger partial charge in [-0.3, -0.25) is 9.40 Å². The summed E-state index contributed by atoms with van der Waals surface area (Å²) in [7, 11) is -2.46. The smallest absolute Gasteiger partial charge is 0.197 e. The number of hydrogen-bond donors (Lipinski definition) is 0. The first-order chi connectivity index (χ1) is 10.00. The van der Waals surface area contributed by atoms with E-state index in [0.717, 1.165) is 12.8 Å². The van der Waals surface area contributed by atoms with Crippen LogP contribution in [-0.4, -0.2) is 41.7 Å². The summed E-state index contributed by atoms with van der Waals surface area (Å²) in [5.74, 6) is 0. The molecule has 130 valence electrons. The molecule has 2 fully saturated rings. The summed E-state index contributed by atoms with van der Waals surface area (Å²) < 4.78 is 17.9. The van der Waals surface area contributed by atoms with Gasteiger partial charge in [-0.1, -0.05) is 19.3 Å². The second kappa shape index (κ2) is 6.55. The summed E-state index contributed by atoms with van der Waals surface area (Å²) in [5, 5.41) is 2.21. The van der Waals surface area contributed by atoms with E-state index >= 15 is 0 Å². The molecule has 2 rings (SSSR count). The van der Waals surface area contributed by atoms with Gasteiger partial charge in [0.2, 0.25) is 0 Å². The number of hydrogen-bond acceptors (Lipinski definition) is 4. The summed E-state index contributed by atoms with van der Waals surface area (Å²) in [6.45, 7) is 12.3. The predicted octanol–water partition coefficient (Wildman–Crippen LogP) is 4.83. The van der Waals surface area contributed by atoms with E-state index in [0.29, 0.717) is 6.10 Å².